The average Bonchev–Trinajstić information content (AvgIpc) is 2.37. The molecule has 1 heterocycles. The molecule has 3 nitrogen and oxygen atoms in total. The zero-order valence-electron chi connectivity index (χ0n) is 11.6. The standard InChI is InChI=1S/C16H19NO2/c1-10-4-5-13-14(8-10)16(18)17(9-15(13)19-3)12-6-11(2)7-12/h4-5,8-9,11-12H,6-7H2,1-3H3. The third-order valence-corrected chi connectivity index (χ3v) is 4.12. The normalized spacial score (nSPS) is 22.3. The molecule has 100 valence electrons. The van der Waals surface area contributed by atoms with Crippen LogP contribution in [0, 0.1) is 12.8 Å². The summed E-state index contributed by atoms with van der Waals surface area (Å²) in [6, 6.07) is 6.28. The number of ether oxygens (including phenoxy) is 1. The summed E-state index contributed by atoms with van der Waals surface area (Å²) in [6.07, 6.45) is 4.04. The zero-order chi connectivity index (χ0) is 13.6. The Bertz CT molecular complexity index is 681. The third kappa shape index (κ3) is 1.93. The minimum atomic E-state index is 0.108. The lowest BCUT2D eigenvalue weighted by atomic mass is 9.81. The van der Waals surface area contributed by atoms with Crippen LogP contribution in [-0.2, 0) is 0 Å². The lowest BCUT2D eigenvalue weighted by molar-refractivity contribution is 0.210. The Balaban J connectivity index is 2.23. The van der Waals surface area contributed by atoms with Crippen LogP contribution in [0.2, 0.25) is 0 Å². The Morgan fingerprint density at radius 3 is 2.63 bits per heavy atom. The third-order valence-electron chi connectivity index (χ3n) is 4.12. The Morgan fingerprint density at radius 2 is 2.00 bits per heavy atom. The predicted molar refractivity (Wildman–Crippen MR) is 76.9 cm³/mol. The summed E-state index contributed by atoms with van der Waals surface area (Å²) in [7, 11) is 1.66. The first-order valence-corrected chi connectivity index (χ1v) is 6.79. The Labute approximate surface area is 112 Å². The summed E-state index contributed by atoms with van der Waals surface area (Å²) in [5.41, 5.74) is 1.21. The summed E-state index contributed by atoms with van der Waals surface area (Å²) < 4.78 is 7.31. The van der Waals surface area contributed by atoms with E-state index in [4.69, 9.17) is 4.74 Å². The van der Waals surface area contributed by atoms with Gasteiger partial charge in [-0.15, -0.1) is 0 Å². The van der Waals surface area contributed by atoms with Crippen LogP contribution < -0.4 is 10.3 Å². The Kier molecular flexibility index (Phi) is 2.85. The highest BCUT2D eigenvalue weighted by atomic mass is 16.5. The van der Waals surface area contributed by atoms with Crippen molar-refractivity contribution in [1.82, 2.24) is 4.57 Å². The van der Waals surface area contributed by atoms with Gasteiger partial charge >= 0.3 is 0 Å². The summed E-state index contributed by atoms with van der Waals surface area (Å²) in [6.45, 7) is 4.23. The van der Waals surface area contributed by atoms with Crippen LogP contribution in [0.15, 0.2) is 29.2 Å². The van der Waals surface area contributed by atoms with Gasteiger partial charge in [0.2, 0.25) is 0 Å². The number of methoxy groups -OCH3 is 1. The smallest absolute Gasteiger partial charge is 0.258 e. The van der Waals surface area contributed by atoms with E-state index in [0.717, 1.165) is 40.8 Å². The van der Waals surface area contributed by atoms with Gasteiger partial charge in [-0.1, -0.05) is 24.6 Å². The quantitative estimate of drug-likeness (QED) is 0.826. The minimum Gasteiger partial charge on any atom is -0.495 e. The van der Waals surface area contributed by atoms with Crippen LogP contribution in [0.3, 0.4) is 0 Å². The molecule has 0 spiro atoms. The van der Waals surface area contributed by atoms with E-state index in [1.807, 2.05) is 35.9 Å². The fraction of sp³-hybridized carbons (Fsp3) is 0.438. The molecular weight excluding hydrogens is 238 g/mol. The maximum absolute atomic E-state index is 12.6. The number of hydrogen-bond acceptors (Lipinski definition) is 2. The summed E-state index contributed by atoms with van der Waals surface area (Å²) in [4.78, 5) is 12.6. The highest BCUT2D eigenvalue weighted by molar-refractivity contribution is 5.87. The van der Waals surface area contributed by atoms with E-state index >= 15 is 0 Å². The molecule has 1 aliphatic rings. The van der Waals surface area contributed by atoms with Crippen LogP contribution in [-0.4, -0.2) is 11.7 Å². The van der Waals surface area contributed by atoms with Crippen LogP contribution in [0.1, 0.15) is 31.4 Å². The van der Waals surface area contributed by atoms with Crippen LogP contribution in [0.25, 0.3) is 10.8 Å². The number of nitrogens with zero attached hydrogens (tertiary/aromatic N) is 1. The summed E-state index contributed by atoms with van der Waals surface area (Å²) in [5, 5.41) is 1.67. The van der Waals surface area contributed by atoms with Gasteiger partial charge in [0, 0.05) is 11.4 Å². The second kappa shape index (κ2) is 4.41. The number of hydrogen-bond donors (Lipinski definition) is 0. The Morgan fingerprint density at radius 1 is 1.26 bits per heavy atom. The highest BCUT2D eigenvalue weighted by Crippen LogP contribution is 2.37. The van der Waals surface area contributed by atoms with Gasteiger partial charge in [0.15, 0.2) is 0 Å². The van der Waals surface area contributed by atoms with Crippen LogP contribution in [0.4, 0.5) is 0 Å². The number of fused-ring (bicyclic) bond motifs is 1. The van der Waals surface area contributed by atoms with Gasteiger partial charge in [0.05, 0.1) is 18.7 Å². The second-order valence-electron chi connectivity index (χ2n) is 5.69. The second-order valence-corrected chi connectivity index (χ2v) is 5.69. The summed E-state index contributed by atoms with van der Waals surface area (Å²) >= 11 is 0. The maximum atomic E-state index is 12.6. The number of rotatable bonds is 2. The largest absolute Gasteiger partial charge is 0.495 e. The zero-order valence-corrected chi connectivity index (χ0v) is 11.6. The monoisotopic (exact) mass is 257 g/mol. The maximum Gasteiger partial charge on any atom is 0.258 e. The van der Waals surface area contributed by atoms with Gasteiger partial charge in [-0.3, -0.25) is 4.79 Å². The first kappa shape index (κ1) is 12.3. The van der Waals surface area contributed by atoms with Crippen molar-refractivity contribution in [2.45, 2.75) is 32.7 Å². The lowest BCUT2D eigenvalue weighted by Crippen LogP contribution is -2.32. The molecule has 0 N–H and O–H groups in total. The molecule has 0 aliphatic heterocycles. The van der Waals surface area contributed by atoms with E-state index in [-0.39, 0.29) is 5.56 Å². The van der Waals surface area contributed by atoms with E-state index < -0.39 is 0 Å². The molecular formula is C16H19NO2. The fourth-order valence-electron chi connectivity index (χ4n) is 2.96. The van der Waals surface area contributed by atoms with Crippen molar-refractivity contribution in [1.29, 1.82) is 0 Å². The molecule has 0 saturated heterocycles. The first-order valence-electron chi connectivity index (χ1n) is 6.79. The number of pyridine rings is 1. The minimum absolute atomic E-state index is 0.108. The highest BCUT2D eigenvalue weighted by Gasteiger charge is 2.28. The van der Waals surface area contributed by atoms with E-state index in [1.54, 1.807) is 7.11 Å². The molecule has 0 radical (unpaired) electrons. The molecule has 3 rings (SSSR count). The van der Waals surface area contributed by atoms with Gasteiger partial charge in [-0.25, -0.2) is 0 Å². The fourth-order valence-corrected chi connectivity index (χ4v) is 2.96. The van der Waals surface area contributed by atoms with Gasteiger partial charge in [0.1, 0.15) is 5.75 Å². The molecule has 0 bridgehead atoms. The summed E-state index contributed by atoms with van der Waals surface area (Å²) in [5.74, 6) is 1.50. The molecule has 0 unspecified atom stereocenters. The van der Waals surface area contributed by atoms with Crippen molar-refractivity contribution in [2.24, 2.45) is 5.92 Å². The number of aromatic nitrogens is 1. The van der Waals surface area contributed by atoms with Gasteiger partial charge < -0.3 is 9.30 Å². The van der Waals surface area contributed by atoms with Gasteiger partial charge in [-0.2, -0.15) is 0 Å². The van der Waals surface area contributed by atoms with Gasteiger partial charge in [-0.05, 0) is 31.7 Å². The van der Waals surface area contributed by atoms with Crippen molar-refractivity contribution in [3.05, 3.63) is 40.3 Å². The average molecular weight is 257 g/mol. The van der Waals surface area contributed by atoms with Crippen LogP contribution >= 0.6 is 0 Å². The van der Waals surface area contributed by atoms with Crippen molar-refractivity contribution in [3.8, 4) is 5.75 Å². The molecule has 1 saturated carbocycles. The lowest BCUT2D eigenvalue weighted by Gasteiger charge is -2.34. The van der Waals surface area contributed by atoms with Crippen molar-refractivity contribution >= 4 is 10.8 Å². The van der Waals surface area contributed by atoms with Crippen molar-refractivity contribution in [3.63, 3.8) is 0 Å². The van der Waals surface area contributed by atoms with E-state index in [1.165, 1.54) is 0 Å². The predicted octanol–water partition coefficient (Wildman–Crippen LogP) is 3.29. The van der Waals surface area contributed by atoms with Crippen molar-refractivity contribution in [2.75, 3.05) is 7.11 Å². The SMILES string of the molecule is COc1cn(C2CC(C)C2)c(=O)c2cc(C)ccc12. The molecule has 1 aliphatic carbocycles. The molecule has 2 aromatic rings. The molecule has 0 atom stereocenters. The first-order chi connectivity index (χ1) is 9.10. The Hall–Kier alpha value is -1.77. The van der Waals surface area contributed by atoms with Crippen molar-refractivity contribution < 1.29 is 4.74 Å². The van der Waals surface area contributed by atoms with Gasteiger partial charge in [0.25, 0.3) is 5.56 Å². The molecule has 1 aromatic heterocycles. The molecule has 1 aromatic carbocycles. The topological polar surface area (TPSA) is 31.2 Å². The molecule has 19 heavy (non-hydrogen) atoms. The number of benzene rings is 1. The van der Waals surface area contributed by atoms with E-state index in [2.05, 4.69) is 6.92 Å². The van der Waals surface area contributed by atoms with E-state index in [0.29, 0.717) is 6.04 Å². The molecule has 0 amide bonds. The van der Waals surface area contributed by atoms with Crippen LogP contribution in [0.5, 0.6) is 5.75 Å². The molecule has 3 heteroatoms. The van der Waals surface area contributed by atoms with E-state index in [9.17, 15) is 4.79 Å². The number of aryl methyl sites for hydroxylation is 1. The molecule has 1 fully saturated rings.